The van der Waals surface area contributed by atoms with Crippen LogP contribution in [0.4, 0.5) is 0 Å². The molecule has 0 aliphatic carbocycles. The van der Waals surface area contributed by atoms with Gasteiger partial charge in [0, 0.05) is 37.7 Å². The number of rotatable bonds is 7. The fraction of sp³-hybridized carbons (Fsp3) is 0.409. The Morgan fingerprint density at radius 2 is 1.68 bits per heavy atom. The second-order valence-electron chi connectivity index (χ2n) is 6.97. The third kappa shape index (κ3) is 5.32. The molecular weight excluding hydrogens is 376 g/mol. The Kier molecular flexibility index (Phi) is 7.45. The van der Waals surface area contributed by atoms with E-state index in [1.807, 2.05) is 49.4 Å². The summed E-state index contributed by atoms with van der Waals surface area (Å²) in [5.74, 6) is -0.234. The van der Waals surface area contributed by atoms with Crippen LogP contribution in [0.15, 0.2) is 54.6 Å². The van der Waals surface area contributed by atoms with E-state index in [0.29, 0.717) is 18.2 Å². The van der Waals surface area contributed by atoms with Crippen molar-refractivity contribution in [1.29, 1.82) is 0 Å². The Morgan fingerprint density at radius 1 is 1.04 bits per heavy atom. The molecule has 0 spiro atoms. The van der Waals surface area contributed by atoms with Gasteiger partial charge >= 0.3 is 5.97 Å². The molecule has 150 valence electrons. The molecule has 2 aromatic rings. The zero-order valence-electron chi connectivity index (χ0n) is 16.1. The van der Waals surface area contributed by atoms with Crippen molar-refractivity contribution in [2.75, 3.05) is 39.3 Å². The van der Waals surface area contributed by atoms with E-state index < -0.39 is 12.1 Å². The minimum Gasteiger partial charge on any atom is -0.465 e. The van der Waals surface area contributed by atoms with Crippen LogP contribution in [0.1, 0.15) is 30.2 Å². The maximum absolute atomic E-state index is 12.6. The predicted molar refractivity (Wildman–Crippen MR) is 110 cm³/mol. The molecule has 0 saturated carbocycles. The van der Waals surface area contributed by atoms with E-state index in [4.69, 9.17) is 16.3 Å². The maximum atomic E-state index is 12.6. The molecule has 1 saturated heterocycles. The summed E-state index contributed by atoms with van der Waals surface area (Å²) in [4.78, 5) is 17.0. The van der Waals surface area contributed by atoms with Crippen molar-refractivity contribution in [3.63, 3.8) is 0 Å². The minimum absolute atomic E-state index is 0.234. The molecule has 3 rings (SSSR count). The molecule has 0 aromatic heterocycles. The lowest BCUT2D eigenvalue weighted by molar-refractivity contribution is -0.150. The van der Waals surface area contributed by atoms with Crippen LogP contribution in [0.5, 0.6) is 0 Å². The third-order valence-corrected chi connectivity index (χ3v) is 5.34. The van der Waals surface area contributed by atoms with Gasteiger partial charge in [-0.2, -0.15) is 0 Å². The van der Waals surface area contributed by atoms with E-state index in [0.717, 1.165) is 37.3 Å². The number of β-amino-alcohol motifs (C(OH)–C–C–N with tert-alkyl or cyclic N) is 1. The molecule has 5 nitrogen and oxygen atoms in total. The molecule has 1 aliphatic heterocycles. The highest BCUT2D eigenvalue weighted by molar-refractivity contribution is 6.30. The van der Waals surface area contributed by atoms with Gasteiger partial charge in [0.2, 0.25) is 0 Å². The summed E-state index contributed by atoms with van der Waals surface area (Å²) >= 11 is 6.00. The monoisotopic (exact) mass is 402 g/mol. The first kappa shape index (κ1) is 20.8. The fourth-order valence-electron chi connectivity index (χ4n) is 3.59. The van der Waals surface area contributed by atoms with E-state index in [1.165, 1.54) is 0 Å². The number of piperazine rings is 1. The number of esters is 1. The standard InChI is InChI=1S/C22H27ClN2O3/c1-2-28-22(27)21(18-8-10-19(23)11-9-18)25-14-12-24(13-15-25)16-20(26)17-6-4-3-5-7-17/h3-11,20-21,26H,2,12-16H2,1H3/t20-,21-/m1/s1. The summed E-state index contributed by atoms with van der Waals surface area (Å²) in [5.41, 5.74) is 1.82. The highest BCUT2D eigenvalue weighted by Gasteiger charge is 2.32. The number of benzene rings is 2. The zero-order chi connectivity index (χ0) is 19.9. The van der Waals surface area contributed by atoms with Gasteiger partial charge in [-0.15, -0.1) is 0 Å². The van der Waals surface area contributed by atoms with Crippen LogP contribution >= 0.6 is 11.6 Å². The second kappa shape index (κ2) is 10.0. The molecule has 6 heteroatoms. The number of ether oxygens (including phenoxy) is 1. The number of hydrogen-bond donors (Lipinski definition) is 1. The second-order valence-corrected chi connectivity index (χ2v) is 7.41. The summed E-state index contributed by atoms with van der Waals surface area (Å²) in [6.45, 7) is 5.79. The normalized spacial score (nSPS) is 17.8. The van der Waals surface area contributed by atoms with E-state index in [9.17, 15) is 9.90 Å². The van der Waals surface area contributed by atoms with Crippen molar-refractivity contribution in [1.82, 2.24) is 9.80 Å². The van der Waals surface area contributed by atoms with E-state index >= 15 is 0 Å². The molecule has 1 aliphatic rings. The van der Waals surface area contributed by atoms with Gasteiger partial charge < -0.3 is 9.84 Å². The Hall–Kier alpha value is -1.92. The van der Waals surface area contributed by atoms with Gasteiger partial charge in [0.25, 0.3) is 0 Å². The molecule has 1 heterocycles. The number of aliphatic hydroxyl groups is 1. The summed E-state index contributed by atoms with van der Waals surface area (Å²) in [6, 6.07) is 16.6. The Labute approximate surface area is 171 Å². The molecule has 2 aromatic carbocycles. The lowest BCUT2D eigenvalue weighted by atomic mass is 10.0. The molecule has 1 N–H and O–H groups in total. The Balaban J connectivity index is 1.63. The van der Waals surface area contributed by atoms with Crippen LogP contribution in [0, 0.1) is 0 Å². The van der Waals surface area contributed by atoms with Gasteiger partial charge in [-0.1, -0.05) is 54.1 Å². The first-order valence-corrected chi connectivity index (χ1v) is 10.1. The molecule has 0 radical (unpaired) electrons. The third-order valence-electron chi connectivity index (χ3n) is 5.08. The van der Waals surface area contributed by atoms with Crippen molar-refractivity contribution >= 4 is 17.6 Å². The number of aliphatic hydroxyl groups excluding tert-OH is 1. The minimum atomic E-state index is -0.509. The van der Waals surface area contributed by atoms with Gasteiger partial charge in [-0.3, -0.25) is 9.80 Å². The molecule has 0 bridgehead atoms. The molecule has 0 unspecified atom stereocenters. The molecule has 28 heavy (non-hydrogen) atoms. The topological polar surface area (TPSA) is 53.0 Å². The lowest BCUT2D eigenvalue weighted by Crippen LogP contribution is -2.50. The number of nitrogens with zero attached hydrogens (tertiary/aromatic N) is 2. The van der Waals surface area contributed by atoms with Gasteiger partial charge in [-0.25, -0.2) is 4.79 Å². The Bertz CT molecular complexity index is 746. The number of carbonyl (C=O) groups is 1. The number of carbonyl (C=O) groups excluding carboxylic acids is 1. The van der Waals surface area contributed by atoms with Crippen LogP contribution < -0.4 is 0 Å². The van der Waals surface area contributed by atoms with Crippen LogP contribution in [0.25, 0.3) is 0 Å². The smallest absolute Gasteiger partial charge is 0.328 e. The van der Waals surface area contributed by atoms with Crippen LogP contribution in [0.3, 0.4) is 0 Å². The zero-order valence-corrected chi connectivity index (χ0v) is 16.9. The summed E-state index contributed by atoms with van der Waals surface area (Å²) < 4.78 is 5.32. The average Bonchev–Trinajstić information content (AvgIpc) is 2.72. The highest BCUT2D eigenvalue weighted by Crippen LogP contribution is 2.26. The van der Waals surface area contributed by atoms with Crippen molar-refractivity contribution < 1.29 is 14.6 Å². The molecule has 1 fully saturated rings. The van der Waals surface area contributed by atoms with Crippen molar-refractivity contribution in [2.45, 2.75) is 19.1 Å². The SMILES string of the molecule is CCOC(=O)[C@@H](c1ccc(Cl)cc1)N1CCN(C[C@@H](O)c2ccccc2)CC1. The first-order valence-electron chi connectivity index (χ1n) is 9.70. The fourth-order valence-corrected chi connectivity index (χ4v) is 3.72. The van der Waals surface area contributed by atoms with Gasteiger partial charge in [0.15, 0.2) is 0 Å². The van der Waals surface area contributed by atoms with E-state index in [-0.39, 0.29) is 5.97 Å². The average molecular weight is 403 g/mol. The lowest BCUT2D eigenvalue weighted by Gasteiger charge is -2.39. The molecule has 2 atom stereocenters. The van der Waals surface area contributed by atoms with Crippen LogP contribution in [-0.4, -0.2) is 60.2 Å². The summed E-state index contributed by atoms with van der Waals surface area (Å²) in [7, 11) is 0. The van der Waals surface area contributed by atoms with Gasteiger partial charge in [0.1, 0.15) is 6.04 Å². The van der Waals surface area contributed by atoms with Crippen molar-refractivity contribution in [3.05, 3.63) is 70.7 Å². The largest absolute Gasteiger partial charge is 0.465 e. The van der Waals surface area contributed by atoms with Crippen LogP contribution in [-0.2, 0) is 9.53 Å². The number of hydrogen-bond acceptors (Lipinski definition) is 5. The van der Waals surface area contributed by atoms with Gasteiger partial charge in [-0.05, 0) is 30.2 Å². The highest BCUT2D eigenvalue weighted by atomic mass is 35.5. The van der Waals surface area contributed by atoms with Crippen molar-refractivity contribution in [3.8, 4) is 0 Å². The number of halogens is 1. The first-order chi connectivity index (χ1) is 13.6. The van der Waals surface area contributed by atoms with Crippen LogP contribution in [0.2, 0.25) is 5.02 Å². The predicted octanol–water partition coefficient (Wildman–Crippen LogP) is 3.30. The Morgan fingerprint density at radius 3 is 2.29 bits per heavy atom. The molecule has 0 amide bonds. The van der Waals surface area contributed by atoms with E-state index in [2.05, 4.69) is 9.80 Å². The maximum Gasteiger partial charge on any atom is 0.328 e. The quantitative estimate of drug-likeness (QED) is 0.720. The summed E-state index contributed by atoms with van der Waals surface area (Å²) in [6.07, 6.45) is -0.509. The summed E-state index contributed by atoms with van der Waals surface area (Å²) in [5, 5.41) is 11.1. The van der Waals surface area contributed by atoms with E-state index in [1.54, 1.807) is 12.1 Å². The van der Waals surface area contributed by atoms with Gasteiger partial charge in [0.05, 0.1) is 12.7 Å². The molecular formula is C22H27ClN2O3. The van der Waals surface area contributed by atoms with Crippen molar-refractivity contribution in [2.24, 2.45) is 0 Å².